The van der Waals surface area contributed by atoms with Crippen LogP contribution in [0, 0.1) is 19.3 Å². The highest BCUT2D eigenvalue weighted by molar-refractivity contribution is 6.12. The van der Waals surface area contributed by atoms with Crippen LogP contribution in [0.15, 0.2) is 120 Å². The third-order valence-corrected chi connectivity index (χ3v) is 9.10. The standard InChI is InChI=1S/C39H24N6O/c1-3-4-16-28-24(2)42-29-17-7-5-14-26(29)40-38(42)43(28)34-22-11-13-25-36-33(21-12-23-35(36)46-37(25)34)45-32-20-10-9-19-31(32)44-30-18-8-6-15-27(30)41-39(44)45/h1,4-23H,2H3/b16-4-. The molecule has 5 aromatic carbocycles. The van der Waals surface area contributed by atoms with E-state index in [-0.39, 0.29) is 0 Å². The molecular formula is C39H24N6O. The van der Waals surface area contributed by atoms with E-state index in [4.69, 9.17) is 20.8 Å². The largest absolute Gasteiger partial charge is 0.454 e. The number of terminal acetylenes is 1. The van der Waals surface area contributed by atoms with Crippen molar-refractivity contribution in [2.75, 3.05) is 0 Å². The van der Waals surface area contributed by atoms with Gasteiger partial charge in [0.2, 0.25) is 11.6 Å². The zero-order chi connectivity index (χ0) is 30.5. The van der Waals surface area contributed by atoms with Gasteiger partial charge >= 0.3 is 0 Å². The van der Waals surface area contributed by atoms with Crippen molar-refractivity contribution >= 4 is 72.7 Å². The summed E-state index contributed by atoms with van der Waals surface area (Å²) in [5.74, 6) is 4.31. The highest BCUT2D eigenvalue weighted by Gasteiger charge is 2.24. The second-order valence-electron chi connectivity index (χ2n) is 11.5. The lowest BCUT2D eigenvalue weighted by molar-refractivity contribution is 0.665. The van der Waals surface area contributed by atoms with E-state index >= 15 is 0 Å². The van der Waals surface area contributed by atoms with E-state index in [9.17, 15) is 0 Å². The van der Waals surface area contributed by atoms with Crippen molar-refractivity contribution < 1.29 is 4.42 Å². The molecule has 0 bridgehead atoms. The van der Waals surface area contributed by atoms with Crippen LogP contribution < -0.4 is 0 Å². The average Bonchev–Trinajstić information content (AvgIpc) is 3.87. The van der Waals surface area contributed by atoms with E-state index < -0.39 is 0 Å². The number of imidazole rings is 4. The first-order valence-corrected chi connectivity index (χ1v) is 15.2. The fraction of sp³-hybridized carbons (Fsp3) is 0.0256. The Morgan fingerprint density at radius 3 is 2.04 bits per heavy atom. The average molecular weight is 593 g/mol. The van der Waals surface area contributed by atoms with Gasteiger partial charge in [0, 0.05) is 11.1 Å². The smallest absolute Gasteiger partial charge is 0.220 e. The van der Waals surface area contributed by atoms with Gasteiger partial charge in [-0.3, -0.25) is 17.9 Å². The van der Waals surface area contributed by atoms with Crippen molar-refractivity contribution in [3.8, 4) is 23.7 Å². The van der Waals surface area contributed by atoms with Crippen LogP contribution >= 0.6 is 0 Å². The van der Waals surface area contributed by atoms with Gasteiger partial charge in [-0.2, -0.15) is 0 Å². The first-order valence-electron chi connectivity index (χ1n) is 15.2. The normalized spacial score (nSPS) is 12.3. The number of rotatable bonds is 3. The van der Waals surface area contributed by atoms with Gasteiger partial charge in [0.25, 0.3) is 0 Å². The third kappa shape index (κ3) is 3.12. The summed E-state index contributed by atoms with van der Waals surface area (Å²) < 4.78 is 15.6. The fourth-order valence-electron chi connectivity index (χ4n) is 7.20. The Morgan fingerprint density at radius 2 is 1.28 bits per heavy atom. The summed E-state index contributed by atoms with van der Waals surface area (Å²) in [4.78, 5) is 10.2. The van der Waals surface area contributed by atoms with Crippen LogP contribution in [-0.2, 0) is 0 Å². The Kier molecular flexibility index (Phi) is 4.87. The van der Waals surface area contributed by atoms with Crippen LogP contribution in [0.25, 0.3) is 84.0 Å². The maximum atomic E-state index is 6.79. The van der Waals surface area contributed by atoms with Crippen LogP contribution in [-0.4, -0.2) is 27.9 Å². The number of fused-ring (bicyclic) bond motifs is 11. The lowest BCUT2D eigenvalue weighted by atomic mass is 10.1. The Hall–Kier alpha value is -6.52. The molecule has 0 spiro atoms. The zero-order valence-corrected chi connectivity index (χ0v) is 24.7. The first kappa shape index (κ1) is 24.9. The molecule has 0 aliphatic carbocycles. The van der Waals surface area contributed by atoms with Gasteiger partial charge in [-0.25, -0.2) is 9.97 Å². The molecule has 0 atom stereocenters. The number of hydrogen-bond donors (Lipinski definition) is 0. The van der Waals surface area contributed by atoms with E-state index in [2.05, 4.69) is 104 Å². The van der Waals surface area contributed by atoms with Crippen molar-refractivity contribution in [1.29, 1.82) is 0 Å². The van der Waals surface area contributed by atoms with Gasteiger partial charge in [0.1, 0.15) is 5.58 Å². The van der Waals surface area contributed by atoms with Crippen molar-refractivity contribution in [2.45, 2.75) is 6.92 Å². The topological polar surface area (TPSA) is 57.6 Å². The SMILES string of the molecule is C#C/C=C\c1c(C)n2c3ccccc3nc2n1-c1cccc2c1oc1cccc(-n3c4ccccc4n4c5ccccc5nc34)c12. The van der Waals surface area contributed by atoms with Gasteiger partial charge in [0.15, 0.2) is 5.58 Å². The third-order valence-electron chi connectivity index (χ3n) is 9.10. The Bertz CT molecular complexity index is 2950. The quantitative estimate of drug-likeness (QED) is 0.193. The molecule has 216 valence electrons. The van der Waals surface area contributed by atoms with Crippen LogP contribution in [0.5, 0.6) is 0 Å². The molecule has 10 rings (SSSR count). The number of aryl methyl sites for hydroxylation is 1. The number of furan rings is 1. The molecule has 0 aliphatic rings. The van der Waals surface area contributed by atoms with Crippen LogP contribution in [0.2, 0.25) is 0 Å². The predicted molar refractivity (Wildman–Crippen MR) is 185 cm³/mol. The first-order chi connectivity index (χ1) is 22.7. The molecule has 0 fully saturated rings. The van der Waals surface area contributed by atoms with Crippen molar-refractivity contribution in [3.63, 3.8) is 0 Å². The fourth-order valence-corrected chi connectivity index (χ4v) is 7.20. The molecule has 0 unspecified atom stereocenters. The second kappa shape index (κ2) is 9.00. The van der Waals surface area contributed by atoms with Crippen LogP contribution in [0.4, 0.5) is 0 Å². The number of hydrogen-bond acceptors (Lipinski definition) is 3. The Labute approximate surface area is 261 Å². The van der Waals surface area contributed by atoms with Gasteiger partial charge in [0.05, 0.1) is 55.6 Å². The minimum absolute atomic E-state index is 0.769. The molecule has 0 amide bonds. The minimum atomic E-state index is 0.769. The maximum absolute atomic E-state index is 6.79. The van der Waals surface area contributed by atoms with Gasteiger partial charge in [-0.05, 0) is 73.7 Å². The molecule has 5 aromatic heterocycles. The molecule has 7 nitrogen and oxygen atoms in total. The lowest BCUT2D eigenvalue weighted by Gasteiger charge is -2.08. The number of nitrogens with zero attached hydrogens (tertiary/aromatic N) is 6. The van der Waals surface area contributed by atoms with Crippen molar-refractivity contribution in [1.82, 2.24) is 27.9 Å². The van der Waals surface area contributed by atoms with Crippen LogP contribution in [0.3, 0.4) is 0 Å². The summed E-state index contributed by atoms with van der Waals surface area (Å²) in [7, 11) is 0. The predicted octanol–water partition coefficient (Wildman–Crippen LogP) is 8.88. The van der Waals surface area contributed by atoms with Gasteiger partial charge in [-0.1, -0.05) is 60.5 Å². The second-order valence-corrected chi connectivity index (χ2v) is 11.5. The molecule has 46 heavy (non-hydrogen) atoms. The number of para-hydroxylation sites is 7. The van der Waals surface area contributed by atoms with Crippen molar-refractivity contribution in [2.24, 2.45) is 0 Å². The summed E-state index contributed by atoms with van der Waals surface area (Å²) in [5, 5.41) is 2.02. The summed E-state index contributed by atoms with van der Waals surface area (Å²) in [6, 6.07) is 37.4. The molecule has 0 aliphatic heterocycles. The molecule has 10 aromatic rings. The molecular weight excluding hydrogens is 568 g/mol. The van der Waals surface area contributed by atoms with E-state index in [1.165, 1.54) is 0 Å². The Balaban J connectivity index is 1.32. The summed E-state index contributed by atoms with van der Waals surface area (Å²) in [6.45, 7) is 2.10. The molecule has 0 saturated carbocycles. The van der Waals surface area contributed by atoms with Gasteiger partial charge < -0.3 is 4.42 Å². The zero-order valence-electron chi connectivity index (χ0n) is 24.7. The van der Waals surface area contributed by atoms with E-state index in [1.807, 2.05) is 42.5 Å². The molecule has 0 radical (unpaired) electrons. The van der Waals surface area contributed by atoms with Crippen molar-refractivity contribution in [3.05, 3.63) is 127 Å². The van der Waals surface area contributed by atoms with E-state index in [0.29, 0.717) is 0 Å². The Morgan fingerprint density at radius 1 is 0.652 bits per heavy atom. The maximum Gasteiger partial charge on any atom is 0.220 e. The molecule has 7 heteroatoms. The molecule has 0 N–H and O–H groups in total. The minimum Gasteiger partial charge on any atom is -0.454 e. The number of allylic oxidation sites excluding steroid dienone is 1. The molecule has 5 heterocycles. The lowest BCUT2D eigenvalue weighted by Crippen LogP contribution is -1.99. The molecule has 0 saturated heterocycles. The van der Waals surface area contributed by atoms with E-state index in [1.54, 1.807) is 6.08 Å². The number of benzene rings is 5. The number of aromatic nitrogens is 6. The highest BCUT2D eigenvalue weighted by Crippen LogP contribution is 2.40. The highest BCUT2D eigenvalue weighted by atomic mass is 16.3. The summed E-state index contributed by atoms with van der Waals surface area (Å²) >= 11 is 0. The summed E-state index contributed by atoms with van der Waals surface area (Å²) in [6.07, 6.45) is 9.39. The van der Waals surface area contributed by atoms with Gasteiger partial charge in [-0.15, -0.1) is 6.42 Å². The van der Waals surface area contributed by atoms with Crippen LogP contribution in [0.1, 0.15) is 11.4 Å². The monoisotopic (exact) mass is 592 g/mol. The summed E-state index contributed by atoms with van der Waals surface area (Å²) in [5.41, 5.74) is 11.6. The van der Waals surface area contributed by atoms with E-state index in [0.717, 1.165) is 89.4 Å².